The Balaban J connectivity index is 2.24. The Hall–Kier alpha value is -3.31. The topological polar surface area (TPSA) is 87.7 Å². The molecule has 0 spiro atoms. The van der Waals surface area contributed by atoms with Gasteiger partial charge < -0.3 is 14.6 Å². The largest absolute Gasteiger partial charge is 0.506 e. The van der Waals surface area contributed by atoms with Gasteiger partial charge in [0.25, 0.3) is 0 Å². The maximum Gasteiger partial charge on any atom is 0.336 e. The average Bonchev–Trinajstić information content (AvgIpc) is 2.61. The van der Waals surface area contributed by atoms with Crippen LogP contribution in [0.5, 0.6) is 5.75 Å². The van der Waals surface area contributed by atoms with Crippen molar-refractivity contribution in [3.8, 4) is 28.2 Å². The normalized spacial score (nSPS) is 11.1. The van der Waals surface area contributed by atoms with E-state index < -0.39 is 5.97 Å². The molecule has 0 atom stereocenters. The van der Waals surface area contributed by atoms with Crippen LogP contribution in [0, 0.1) is 0 Å². The number of benzene rings is 3. The van der Waals surface area contributed by atoms with E-state index >= 15 is 0 Å². The minimum Gasteiger partial charge on any atom is -0.506 e. The number of phenolic OH excluding ortho intramolecular Hbond substituents is 1. The van der Waals surface area contributed by atoms with Crippen LogP contribution in [0.4, 0.5) is 0 Å². The summed E-state index contributed by atoms with van der Waals surface area (Å²) in [5.41, 5.74) is 1.77. The third-order valence-corrected chi connectivity index (χ3v) is 4.49. The molecule has 26 heavy (non-hydrogen) atoms. The van der Waals surface area contributed by atoms with Gasteiger partial charge in [-0.2, -0.15) is 0 Å². The Kier molecular flexibility index (Phi) is 3.67. The van der Waals surface area contributed by atoms with Crippen molar-refractivity contribution in [1.29, 1.82) is 0 Å². The van der Waals surface area contributed by atoms with Crippen molar-refractivity contribution in [2.45, 2.75) is 0 Å². The monoisotopic (exact) mass is 366 g/mol. The average molecular weight is 367 g/mol. The summed E-state index contributed by atoms with van der Waals surface area (Å²) in [6, 6.07) is 13.7. The van der Waals surface area contributed by atoms with E-state index in [2.05, 4.69) is 0 Å². The van der Waals surface area contributed by atoms with Crippen LogP contribution in [0.25, 0.3) is 33.4 Å². The highest BCUT2D eigenvalue weighted by atomic mass is 35.5. The number of halogens is 1. The second-order valence-electron chi connectivity index (χ2n) is 5.79. The van der Waals surface area contributed by atoms with Crippen molar-refractivity contribution >= 4 is 28.5 Å². The van der Waals surface area contributed by atoms with Crippen LogP contribution >= 0.6 is 11.6 Å². The molecule has 2 aromatic rings. The standard InChI is InChI=1S/C20H11ClO5/c21-15-8-14-18(9-16(15)23)26-17-7-10(22)5-6-13(17)19(14)11-3-1-2-4-12(11)20(24)25/h1-9,23H,(H,24,25). The fourth-order valence-corrected chi connectivity index (χ4v) is 3.22. The number of aromatic hydroxyl groups is 1. The smallest absolute Gasteiger partial charge is 0.336 e. The number of fused-ring (bicyclic) bond motifs is 2. The minimum absolute atomic E-state index is 0.108. The summed E-state index contributed by atoms with van der Waals surface area (Å²) in [5, 5.41) is 20.1. The van der Waals surface area contributed by atoms with Crippen LogP contribution in [0.2, 0.25) is 5.02 Å². The zero-order valence-corrected chi connectivity index (χ0v) is 13.9. The summed E-state index contributed by atoms with van der Waals surface area (Å²) >= 11 is 6.07. The number of carboxylic acids is 1. The van der Waals surface area contributed by atoms with E-state index in [4.69, 9.17) is 16.0 Å². The van der Waals surface area contributed by atoms with Crippen LogP contribution < -0.4 is 5.43 Å². The highest BCUT2D eigenvalue weighted by Gasteiger charge is 2.22. The Labute approximate surface area is 152 Å². The number of hydrogen-bond acceptors (Lipinski definition) is 4. The number of carboxylic acid groups (broad SMARTS) is 1. The second kappa shape index (κ2) is 5.89. The van der Waals surface area contributed by atoms with E-state index in [1.54, 1.807) is 24.3 Å². The first-order chi connectivity index (χ1) is 12.5. The Morgan fingerprint density at radius 3 is 2.54 bits per heavy atom. The maximum atomic E-state index is 11.7. The van der Waals surface area contributed by atoms with Gasteiger partial charge in [-0.25, -0.2) is 4.79 Å². The van der Waals surface area contributed by atoms with Crippen molar-refractivity contribution < 1.29 is 19.4 Å². The predicted octanol–water partition coefficient (Wildman–Crippen LogP) is 4.62. The molecule has 0 bridgehead atoms. The quantitative estimate of drug-likeness (QED) is 0.505. The number of carbonyl (C=O) groups is 1. The molecule has 0 saturated heterocycles. The van der Waals surface area contributed by atoms with Crippen molar-refractivity contribution in [2.24, 2.45) is 0 Å². The van der Waals surface area contributed by atoms with Gasteiger partial charge in [-0.15, -0.1) is 0 Å². The van der Waals surface area contributed by atoms with Crippen LogP contribution in [-0.4, -0.2) is 16.2 Å². The van der Waals surface area contributed by atoms with Crippen LogP contribution in [0.15, 0.2) is 63.8 Å². The van der Waals surface area contributed by atoms with Gasteiger partial charge in [-0.05, 0) is 29.8 Å². The van der Waals surface area contributed by atoms with Crippen LogP contribution in [0.3, 0.4) is 0 Å². The SMILES string of the molecule is O=C(O)c1ccccc1-c1c2ccc(=O)cc-2oc2cc(O)c(Cl)cc12. The highest BCUT2D eigenvalue weighted by Crippen LogP contribution is 2.43. The van der Waals surface area contributed by atoms with Gasteiger partial charge in [-0.1, -0.05) is 29.8 Å². The van der Waals surface area contributed by atoms with Crippen molar-refractivity contribution in [2.75, 3.05) is 0 Å². The third-order valence-electron chi connectivity index (χ3n) is 4.19. The van der Waals surface area contributed by atoms with Gasteiger partial charge in [-0.3, -0.25) is 4.79 Å². The zero-order chi connectivity index (χ0) is 18.4. The van der Waals surface area contributed by atoms with Crippen molar-refractivity contribution in [3.63, 3.8) is 0 Å². The molecule has 2 aliphatic rings. The fraction of sp³-hybridized carbons (Fsp3) is 0. The van der Waals surface area contributed by atoms with Gasteiger partial charge in [0.2, 0.25) is 0 Å². The molecule has 0 saturated carbocycles. The molecule has 0 radical (unpaired) electrons. The van der Waals surface area contributed by atoms with Crippen LogP contribution in [0.1, 0.15) is 10.4 Å². The summed E-state index contributed by atoms with van der Waals surface area (Å²) in [4.78, 5) is 23.4. The van der Waals surface area contributed by atoms with Crippen molar-refractivity contribution in [1.82, 2.24) is 0 Å². The third kappa shape index (κ3) is 2.50. The molecule has 2 aromatic carbocycles. The Morgan fingerprint density at radius 2 is 1.77 bits per heavy atom. The lowest BCUT2D eigenvalue weighted by Gasteiger charge is -2.17. The van der Waals surface area contributed by atoms with Gasteiger partial charge >= 0.3 is 5.97 Å². The Morgan fingerprint density at radius 1 is 1.00 bits per heavy atom. The number of hydrogen-bond donors (Lipinski definition) is 2. The first kappa shape index (κ1) is 16.2. The number of phenols is 1. The zero-order valence-electron chi connectivity index (χ0n) is 13.2. The summed E-state index contributed by atoms with van der Waals surface area (Å²) in [5.74, 6) is -0.951. The number of aromatic carboxylic acids is 1. The lowest BCUT2D eigenvalue weighted by atomic mass is 9.91. The molecule has 4 rings (SSSR count). The molecule has 0 fully saturated rings. The van der Waals surface area contributed by atoms with E-state index in [1.807, 2.05) is 0 Å². The second-order valence-corrected chi connectivity index (χ2v) is 6.19. The molecule has 2 N–H and O–H groups in total. The molecule has 0 unspecified atom stereocenters. The summed E-state index contributed by atoms with van der Waals surface area (Å²) in [6.45, 7) is 0. The first-order valence-electron chi connectivity index (χ1n) is 7.67. The molecular formula is C20H11ClO5. The van der Waals surface area contributed by atoms with Gasteiger partial charge in [0.05, 0.1) is 10.6 Å². The Bertz CT molecular complexity index is 1210. The van der Waals surface area contributed by atoms with Crippen molar-refractivity contribution in [3.05, 3.63) is 75.4 Å². The van der Waals surface area contributed by atoms with E-state index in [9.17, 15) is 19.8 Å². The molecule has 0 amide bonds. The minimum atomic E-state index is -1.08. The van der Waals surface area contributed by atoms with E-state index in [1.165, 1.54) is 30.3 Å². The van der Waals surface area contributed by atoms with Crippen LogP contribution in [-0.2, 0) is 0 Å². The highest BCUT2D eigenvalue weighted by molar-refractivity contribution is 6.33. The van der Waals surface area contributed by atoms with E-state index in [0.717, 1.165) is 0 Å². The number of rotatable bonds is 2. The summed E-state index contributed by atoms with van der Waals surface area (Å²) in [7, 11) is 0. The lowest BCUT2D eigenvalue weighted by Crippen LogP contribution is -2.03. The molecule has 1 aliphatic heterocycles. The fourth-order valence-electron chi connectivity index (χ4n) is 3.06. The predicted molar refractivity (Wildman–Crippen MR) is 98.2 cm³/mol. The molecular weight excluding hydrogens is 356 g/mol. The van der Waals surface area contributed by atoms with Gasteiger partial charge in [0.15, 0.2) is 5.43 Å². The summed E-state index contributed by atoms with van der Waals surface area (Å²) < 4.78 is 5.76. The molecule has 6 heteroatoms. The first-order valence-corrected chi connectivity index (χ1v) is 8.05. The van der Waals surface area contributed by atoms with E-state index in [0.29, 0.717) is 33.4 Å². The summed E-state index contributed by atoms with van der Waals surface area (Å²) in [6.07, 6.45) is 0. The molecule has 5 nitrogen and oxygen atoms in total. The molecule has 128 valence electrons. The maximum absolute atomic E-state index is 11.7. The molecule has 1 heterocycles. The lowest BCUT2D eigenvalue weighted by molar-refractivity contribution is 0.0697. The van der Waals surface area contributed by atoms with Gasteiger partial charge in [0.1, 0.15) is 17.1 Å². The molecule has 1 aliphatic carbocycles. The van der Waals surface area contributed by atoms with Gasteiger partial charge in [0, 0.05) is 28.6 Å². The van der Waals surface area contributed by atoms with E-state index in [-0.39, 0.29) is 21.8 Å². The molecule has 0 aromatic heterocycles.